The molecule has 0 amide bonds. The highest BCUT2D eigenvalue weighted by Gasteiger charge is 2.05. The largest absolute Gasteiger partial charge is 0.492 e. The van der Waals surface area contributed by atoms with Gasteiger partial charge in [-0.1, -0.05) is 36.4 Å². The molecule has 0 aliphatic rings. The molecule has 128 valence electrons. The highest BCUT2D eigenvalue weighted by Crippen LogP contribution is 2.10. The van der Waals surface area contributed by atoms with Crippen molar-refractivity contribution in [3.05, 3.63) is 60.7 Å². The fourth-order valence-corrected chi connectivity index (χ4v) is 2.09. The van der Waals surface area contributed by atoms with Crippen molar-refractivity contribution in [1.82, 2.24) is 10.6 Å². The molecule has 5 heteroatoms. The van der Waals surface area contributed by atoms with Gasteiger partial charge in [0.2, 0.25) is 0 Å². The van der Waals surface area contributed by atoms with Crippen molar-refractivity contribution in [2.75, 3.05) is 26.7 Å². The van der Waals surface area contributed by atoms with E-state index in [4.69, 9.17) is 9.47 Å². The number of nitrogens with zero attached hydrogens (tertiary/aromatic N) is 1. The first-order valence-corrected chi connectivity index (χ1v) is 8.12. The maximum Gasteiger partial charge on any atom is 0.191 e. The number of benzene rings is 2. The summed E-state index contributed by atoms with van der Waals surface area (Å²) in [5, 5.41) is 6.46. The van der Waals surface area contributed by atoms with Crippen molar-refractivity contribution in [2.45, 2.75) is 13.0 Å². The van der Waals surface area contributed by atoms with Crippen LogP contribution >= 0.6 is 0 Å². The highest BCUT2D eigenvalue weighted by atomic mass is 16.5. The molecule has 2 aromatic carbocycles. The molecule has 0 radical (unpaired) electrons. The maximum atomic E-state index is 5.82. The number of ether oxygens (including phenoxy) is 2. The van der Waals surface area contributed by atoms with Crippen LogP contribution in [0.4, 0.5) is 0 Å². The zero-order chi connectivity index (χ0) is 17.0. The predicted octanol–water partition coefficient (Wildman–Crippen LogP) is 2.70. The second kappa shape index (κ2) is 10.2. The molecule has 2 rings (SSSR count). The lowest BCUT2D eigenvalue weighted by Crippen LogP contribution is -2.43. The Morgan fingerprint density at radius 3 is 2.21 bits per heavy atom. The average molecular weight is 327 g/mol. The quantitative estimate of drug-likeness (QED) is 0.445. The Kier molecular flexibility index (Phi) is 7.47. The molecule has 1 atom stereocenters. The van der Waals surface area contributed by atoms with Crippen LogP contribution in [0.3, 0.4) is 0 Å². The Balaban J connectivity index is 1.63. The van der Waals surface area contributed by atoms with Crippen LogP contribution in [0.15, 0.2) is 65.7 Å². The molecule has 0 saturated heterocycles. The molecule has 0 aliphatic carbocycles. The average Bonchev–Trinajstić information content (AvgIpc) is 2.63. The summed E-state index contributed by atoms with van der Waals surface area (Å²) in [5.74, 6) is 2.47. The number of guanidine groups is 1. The first-order chi connectivity index (χ1) is 11.8. The van der Waals surface area contributed by atoms with Crippen LogP contribution in [0.25, 0.3) is 0 Å². The van der Waals surface area contributed by atoms with E-state index in [1.165, 1.54) is 0 Å². The molecule has 2 aromatic rings. The zero-order valence-corrected chi connectivity index (χ0v) is 14.2. The highest BCUT2D eigenvalue weighted by molar-refractivity contribution is 5.79. The third-order valence-corrected chi connectivity index (χ3v) is 3.27. The van der Waals surface area contributed by atoms with E-state index in [1.54, 1.807) is 7.05 Å². The first kappa shape index (κ1) is 17.7. The molecule has 24 heavy (non-hydrogen) atoms. The molecular weight excluding hydrogens is 302 g/mol. The number of para-hydroxylation sites is 2. The fourth-order valence-electron chi connectivity index (χ4n) is 2.09. The van der Waals surface area contributed by atoms with Crippen LogP contribution in [-0.2, 0) is 0 Å². The lowest BCUT2D eigenvalue weighted by atomic mass is 10.3. The van der Waals surface area contributed by atoms with Gasteiger partial charge in [0.1, 0.15) is 24.2 Å². The number of hydrogen-bond acceptors (Lipinski definition) is 3. The Morgan fingerprint density at radius 2 is 1.58 bits per heavy atom. The van der Waals surface area contributed by atoms with Crippen LogP contribution in [0.5, 0.6) is 11.5 Å². The van der Waals surface area contributed by atoms with Gasteiger partial charge in [-0.3, -0.25) is 4.99 Å². The van der Waals surface area contributed by atoms with Crippen LogP contribution < -0.4 is 20.1 Å². The van der Waals surface area contributed by atoms with E-state index in [0.29, 0.717) is 19.7 Å². The lowest BCUT2D eigenvalue weighted by molar-refractivity contribution is 0.223. The second-order valence-electron chi connectivity index (χ2n) is 5.28. The van der Waals surface area contributed by atoms with Crippen molar-refractivity contribution in [2.24, 2.45) is 4.99 Å². The third-order valence-electron chi connectivity index (χ3n) is 3.27. The minimum atomic E-state index is 0.0338. The van der Waals surface area contributed by atoms with Gasteiger partial charge in [-0.05, 0) is 31.2 Å². The summed E-state index contributed by atoms with van der Waals surface area (Å²) in [6.07, 6.45) is 0.0338. The minimum absolute atomic E-state index is 0.0338. The molecule has 0 aromatic heterocycles. The van der Waals surface area contributed by atoms with Gasteiger partial charge >= 0.3 is 0 Å². The minimum Gasteiger partial charge on any atom is -0.492 e. The van der Waals surface area contributed by atoms with Crippen LogP contribution in [0, 0.1) is 0 Å². The summed E-state index contributed by atoms with van der Waals surface area (Å²) in [6.45, 7) is 3.92. The van der Waals surface area contributed by atoms with E-state index in [9.17, 15) is 0 Å². The maximum absolute atomic E-state index is 5.82. The number of rotatable bonds is 8. The van der Waals surface area contributed by atoms with Crippen molar-refractivity contribution in [3.8, 4) is 11.5 Å². The Hall–Kier alpha value is -2.69. The van der Waals surface area contributed by atoms with Crippen LogP contribution in [-0.4, -0.2) is 38.8 Å². The van der Waals surface area contributed by atoms with E-state index >= 15 is 0 Å². The molecule has 0 aliphatic heterocycles. The van der Waals surface area contributed by atoms with Crippen molar-refractivity contribution >= 4 is 5.96 Å². The Bertz CT molecular complexity index is 603. The van der Waals surface area contributed by atoms with Gasteiger partial charge in [-0.2, -0.15) is 0 Å². The summed E-state index contributed by atoms with van der Waals surface area (Å²) in [4.78, 5) is 4.19. The van der Waals surface area contributed by atoms with E-state index in [2.05, 4.69) is 15.6 Å². The van der Waals surface area contributed by atoms with Gasteiger partial charge in [0.15, 0.2) is 5.96 Å². The number of nitrogens with one attached hydrogen (secondary N) is 2. The van der Waals surface area contributed by atoms with Crippen LogP contribution in [0.2, 0.25) is 0 Å². The molecule has 5 nitrogen and oxygen atoms in total. The molecule has 0 heterocycles. The van der Waals surface area contributed by atoms with E-state index < -0.39 is 0 Å². The molecule has 1 unspecified atom stereocenters. The van der Waals surface area contributed by atoms with Crippen molar-refractivity contribution in [3.63, 3.8) is 0 Å². The summed E-state index contributed by atoms with van der Waals surface area (Å²) >= 11 is 0. The van der Waals surface area contributed by atoms with Gasteiger partial charge in [0, 0.05) is 7.05 Å². The Labute approximate surface area is 143 Å². The molecular formula is C19H25N3O2. The topological polar surface area (TPSA) is 54.9 Å². The summed E-state index contributed by atoms with van der Waals surface area (Å²) in [7, 11) is 1.75. The molecule has 2 N–H and O–H groups in total. The number of hydrogen-bond donors (Lipinski definition) is 2. The smallest absolute Gasteiger partial charge is 0.191 e. The summed E-state index contributed by atoms with van der Waals surface area (Å²) in [6, 6.07) is 19.6. The standard InChI is InChI=1S/C19H25N3O2/c1-16(24-18-11-7-4-8-12-18)15-22-19(20-2)21-13-14-23-17-9-5-3-6-10-17/h3-12,16H,13-15H2,1-2H3,(H2,20,21,22). The van der Waals surface area contributed by atoms with E-state index in [0.717, 1.165) is 17.5 Å². The van der Waals surface area contributed by atoms with Crippen LogP contribution in [0.1, 0.15) is 6.92 Å². The summed E-state index contributed by atoms with van der Waals surface area (Å²) in [5.41, 5.74) is 0. The van der Waals surface area contributed by atoms with Gasteiger partial charge < -0.3 is 20.1 Å². The van der Waals surface area contributed by atoms with Gasteiger partial charge in [-0.15, -0.1) is 0 Å². The lowest BCUT2D eigenvalue weighted by Gasteiger charge is -2.17. The second-order valence-corrected chi connectivity index (χ2v) is 5.28. The Morgan fingerprint density at radius 1 is 0.958 bits per heavy atom. The first-order valence-electron chi connectivity index (χ1n) is 8.12. The normalized spacial score (nSPS) is 12.3. The van der Waals surface area contributed by atoms with E-state index in [-0.39, 0.29) is 6.10 Å². The van der Waals surface area contributed by atoms with Gasteiger partial charge in [-0.25, -0.2) is 0 Å². The zero-order valence-electron chi connectivity index (χ0n) is 14.2. The monoisotopic (exact) mass is 327 g/mol. The molecule has 0 bridgehead atoms. The molecule has 0 saturated carbocycles. The van der Waals surface area contributed by atoms with Gasteiger partial charge in [0.05, 0.1) is 13.1 Å². The third kappa shape index (κ3) is 6.60. The fraction of sp³-hybridized carbons (Fsp3) is 0.316. The number of aliphatic imine (C=N–C) groups is 1. The van der Waals surface area contributed by atoms with Gasteiger partial charge in [0.25, 0.3) is 0 Å². The molecule has 0 spiro atoms. The van der Waals surface area contributed by atoms with Crippen molar-refractivity contribution < 1.29 is 9.47 Å². The SMILES string of the molecule is CN=C(NCCOc1ccccc1)NCC(C)Oc1ccccc1. The van der Waals surface area contributed by atoms with E-state index in [1.807, 2.05) is 67.6 Å². The predicted molar refractivity (Wildman–Crippen MR) is 97.8 cm³/mol. The summed E-state index contributed by atoms with van der Waals surface area (Å²) < 4.78 is 11.5. The molecule has 0 fully saturated rings. The van der Waals surface area contributed by atoms with Crippen molar-refractivity contribution in [1.29, 1.82) is 0 Å².